The summed E-state index contributed by atoms with van der Waals surface area (Å²) >= 11 is -0.684. The van der Waals surface area contributed by atoms with Crippen LogP contribution >= 0.6 is 0 Å². The lowest BCUT2D eigenvalue weighted by molar-refractivity contribution is -0.110. The van der Waals surface area contributed by atoms with Gasteiger partial charge in [0.2, 0.25) is 0 Å². The van der Waals surface area contributed by atoms with Gasteiger partial charge in [0.15, 0.2) is 0 Å². The van der Waals surface area contributed by atoms with Crippen molar-refractivity contribution in [1.29, 1.82) is 0 Å². The fourth-order valence-electron chi connectivity index (χ4n) is 4.48. The summed E-state index contributed by atoms with van der Waals surface area (Å²) < 4.78 is 16.4. The molecule has 2 aliphatic rings. The molecular weight excluding hydrogens is 474 g/mol. The van der Waals surface area contributed by atoms with Gasteiger partial charge in [-0.15, -0.1) is 0 Å². The molecule has 0 saturated carbocycles. The maximum absolute atomic E-state index is 13.1. The molecule has 1 saturated heterocycles. The Balaban J connectivity index is 1.45. The van der Waals surface area contributed by atoms with E-state index in [4.69, 9.17) is 4.74 Å². The van der Waals surface area contributed by atoms with Gasteiger partial charge >= 0.3 is 5.97 Å². The van der Waals surface area contributed by atoms with Crippen LogP contribution in [0.1, 0.15) is 27.0 Å². The van der Waals surface area contributed by atoms with Gasteiger partial charge in [0.1, 0.15) is 11.5 Å². The fraction of sp³-hybridized carbons (Fsp3) is 0.214. The zero-order chi connectivity index (χ0) is 25.1. The predicted molar refractivity (Wildman–Crippen MR) is 143 cm³/mol. The zero-order valence-corrected chi connectivity index (χ0v) is 20.8. The van der Waals surface area contributed by atoms with Gasteiger partial charge in [-0.3, -0.25) is 9.69 Å². The van der Waals surface area contributed by atoms with Gasteiger partial charge in [-0.05, 0) is 35.4 Å². The van der Waals surface area contributed by atoms with E-state index in [1.165, 1.54) is 12.7 Å². The number of benzene rings is 3. The Morgan fingerprint density at radius 2 is 1.75 bits per heavy atom. The van der Waals surface area contributed by atoms with Crippen molar-refractivity contribution in [2.45, 2.75) is 6.54 Å². The third kappa shape index (κ3) is 5.16. The highest BCUT2D eigenvalue weighted by Crippen LogP contribution is 2.38. The van der Waals surface area contributed by atoms with Crippen molar-refractivity contribution in [2.24, 2.45) is 0 Å². The van der Waals surface area contributed by atoms with Crippen LogP contribution in [0.5, 0.6) is 0 Å². The van der Waals surface area contributed by atoms with E-state index in [1.807, 2.05) is 42.5 Å². The number of carbonyl (C=O) groups excluding carboxylic acids is 2. The first-order valence-electron chi connectivity index (χ1n) is 11.8. The van der Waals surface area contributed by atoms with Gasteiger partial charge in [0, 0.05) is 30.9 Å². The van der Waals surface area contributed by atoms with E-state index < -0.39 is 17.1 Å². The summed E-state index contributed by atoms with van der Waals surface area (Å²) in [7, 11) is 1.33. The number of esters is 1. The van der Waals surface area contributed by atoms with E-state index in [0.29, 0.717) is 22.5 Å². The highest BCUT2D eigenvalue weighted by molar-refractivity contribution is 7.91. The predicted octanol–water partition coefficient (Wildman–Crippen LogP) is 3.97. The molecule has 7 nitrogen and oxygen atoms in total. The minimum Gasteiger partial charge on any atom is -0.616 e. The van der Waals surface area contributed by atoms with Gasteiger partial charge < -0.3 is 19.9 Å². The summed E-state index contributed by atoms with van der Waals surface area (Å²) in [6.45, 7) is 2.52. The largest absolute Gasteiger partial charge is 0.616 e. The Morgan fingerprint density at radius 1 is 1.03 bits per heavy atom. The molecule has 2 aliphatic heterocycles. The van der Waals surface area contributed by atoms with E-state index >= 15 is 0 Å². The highest BCUT2D eigenvalue weighted by atomic mass is 32.2. The molecule has 2 N–H and O–H groups in total. The number of fused-ring (bicyclic) bond motifs is 1. The van der Waals surface area contributed by atoms with Crippen molar-refractivity contribution in [3.8, 4) is 0 Å². The molecule has 0 spiro atoms. The Bertz CT molecular complexity index is 1300. The van der Waals surface area contributed by atoms with E-state index in [-0.39, 0.29) is 5.91 Å². The molecule has 1 fully saturated rings. The molecule has 184 valence electrons. The number of ether oxygens (including phenoxy) is 1. The number of hydrogen-bond donors (Lipinski definition) is 2. The molecule has 1 amide bonds. The molecule has 0 unspecified atom stereocenters. The molecule has 0 aromatic heterocycles. The summed E-state index contributed by atoms with van der Waals surface area (Å²) in [4.78, 5) is 27.4. The van der Waals surface area contributed by atoms with Crippen molar-refractivity contribution in [1.82, 2.24) is 4.90 Å². The number of hydrogen-bond acceptors (Lipinski definition) is 6. The van der Waals surface area contributed by atoms with Crippen LogP contribution in [-0.4, -0.2) is 53.0 Å². The molecule has 0 aliphatic carbocycles. The molecule has 8 heteroatoms. The first kappa shape index (κ1) is 24.1. The second-order valence-corrected chi connectivity index (χ2v) is 10.5. The Kier molecular flexibility index (Phi) is 7.09. The van der Waals surface area contributed by atoms with E-state index in [2.05, 4.69) is 27.7 Å². The average Bonchev–Trinajstić information content (AvgIpc) is 3.24. The molecule has 3 aromatic rings. The van der Waals surface area contributed by atoms with Crippen LogP contribution in [0, 0.1) is 0 Å². The number of methoxy groups -OCH3 is 1. The number of anilines is 2. The quantitative estimate of drug-likeness (QED) is 0.302. The molecule has 0 bridgehead atoms. The minimum absolute atomic E-state index is 0.238. The summed E-state index contributed by atoms with van der Waals surface area (Å²) in [5.41, 5.74) is 5.78. The van der Waals surface area contributed by atoms with Crippen molar-refractivity contribution in [3.05, 3.63) is 95.1 Å². The van der Waals surface area contributed by atoms with Gasteiger partial charge in [0.25, 0.3) is 5.91 Å². The van der Waals surface area contributed by atoms with Crippen LogP contribution in [-0.2, 0) is 27.3 Å². The zero-order valence-electron chi connectivity index (χ0n) is 20.0. The van der Waals surface area contributed by atoms with Crippen LogP contribution in [0.2, 0.25) is 0 Å². The van der Waals surface area contributed by atoms with Gasteiger partial charge in [-0.1, -0.05) is 59.7 Å². The minimum atomic E-state index is -0.684. The van der Waals surface area contributed by atoms with Crippen molar-refractivity contribution in [3.63, 3.8) is 0 Å². The van der Waals surface area contributed by atoms with Gasteiger partial charge in [-0.25, -0.2) is 4.79 Å². The van der Waals surface area contributed by atoms with E-state index in [0.717, 1.165) is 48.0 Å². The van der Waals surface area contributed by atoms with Gasteiger partial charge in [-0.2, -0.15) is 0 Å². The Labute approximate surface area is 213 Å². The first-order chi connectivity index (χ1) is 17.5. The summed E-state index contributed by atoms with van der Waals surface area (Å²) in [5.74, 6) is 0.776. The second-order valence-electron chi connectivity index (χ2n) is 8.77. The third-order valence-electron chi connectivity index (χ3n) is 6.40. The lowest BCUT2D eigenvalue weighted by Gasteiger charge is -2.28. The number of carbonyl (C=O) groups is 2. The molecular formula is C28H27N3O4S. The summed E-state index contributed by atoms with van der Waals surface area (Å²) in [5, 5.41) is 6.36. The first-order valence-corrected chi connectivity index (χ1v) is 13.3. The maximum Gasteiger partial charge on any atom is 0.337 e. The van der Waals surface area contributed by atoms with Crippen molar-refractivity contribution < 1.29 is 18.9 Å². The summed E-state index contributed by atoms with van der Waals surface area (Å²) in [6, 6.07) is 23.0. The molecule has 2 heterocycles. The standard InChI is InChI=1S/C28H27N3O4S/c1-35-28(33)21-9-12-23-24(17-21)30-27(32)25(23)26(20-5-3-2-4-6-20)29-22-10-7-19(8-11-22)18-31-13-15-36(34)16-14-31/h2-12,17,29H,13-16,18H2,1H3,(H,30,32). The van der Waals surface area contributed by atoms with Crippen molar-refractivity contribution in [2.75, 3.05) is 42.3 Å². The van der Waals surface area contributed by atoms with Crippen LogP contribution in [0.3, 0.4) is 0 Å². The Morgan fingerprint density at radius 3 is 2.44 bits per heavy atom. The molecule has 3 aromatic carbocycles. The lowest BCUT2D eigenvalue weighted by Crippen LogP contribution is -2.39. The topological polar surface area (TPSA) is 93.7 Å². The average molecular weight is 502 g/mol. The Hall–Kier alpha value is -3.59. The molecule has 5 rings (SSSR count). The van der Waals surface area contributed by atoms with Crippen molar-refractivity contribution >= 4 is 45.7 Å². The lowest BCUT2D eigenvalue weighted by atomic mass is 9.99. The molecule has 0 radical (unpaired) electrons. The molecule has 0 atom stereocenters. The smallest absolute Gasteiger partial charge is 0.337 e. The van der Waals surface area contributed by atoms with E-state index in [1.54, 1.807) is 18.2 Å². The molecule has 36 heavy (non-hydrogen) atoms. The fourth-order valence-corrected chi connectivity index (χ4v) is 5.61. The van der Waals surface area contributed by atoms with Crippen LogP contribution in [0.15, 0.2) is 72.8 Å². The SMILES string of the molecule is COC(=O)c1ccc2c(c1)NC(=O)C2=C(Nc1ccc(CN2CC[S+]([O-])CC2)cc1)c1ccccc1. The van der Waals surface area contributed by atoms with Gasteiger partial charge in [0.05, 0.1) is 29.6 Å². The second kappa shape index (κ2) is 10.6. The van der Waals surface area contributed by atoms with Crippen LogP contribution < -0.4 is 10.6 Å². The van der Waals surface area contributed by atoms with E-state index in [9.17, 15) is 14.1 Å². The summed E-state index contributed by atoms with van der Waals surface area (Å²) in [6.07, 6.45) is 0. The number of nitrogens with zero attached hydrogens (tertiary/aromatic N) is 1. The maximum atomic E-state index is 13.1. The number of amides is 1. The number of rotatable bonds is 6. The number of nitrogens with one attached hydrogen (secondary N) is 2. The normalized spacial score (nSPS) is 17.3. The monoisotopic (exact) mass is 501 g/mol. The third-order valence-corrected chi connectivity index (χ3v) is 7.67. The van der Waals surface area contributed by atoms with Crippen LogP contribution in [0.4, 0.5) is 11.4 Å². The van der Waals surface area contributed by atoms with Crippen LogP contribution in [0.25, 0.3) is 11.3 Å². The highest BCUT2D eigenvalue weighted by Gasteiger charge is 2.29.